The van der Waals surface area contributed by atoms with Gasteiger partial charge < -0.3 is 20.1 Å². The van der Waals surface area contributed by atoms with E-state index in [-0.39, 0.29) is 18.4 Å². The van der Waals surface area contributed by atoms with Crippen LogP contribution in [0.2, 0.25) is 0 Å². The number of methoxy groups -OCH3 is 1. The Labute approximate surface area is 141 Å². The predicted octanol–water partition coefficient (Wildman–Crippen LogP) is 1.33. The summed E-state index contributed by atoms with van der Waals surface area (Å²) in [5.74, 6) is 0.175. The fraction of sp³-hybridized carbons (Fsp3) is 0.556. The van der Waals surface area contributed by atoms with Crippen molar-refractivity contribution in [2.45, 2.75) is 43.7 Å². The van der Waals surface area contributed by atoms with Crippen LogP contribution in [0.25, 0.3) is 0 Å². The summed E-state index contributed by atoms with van der Waals surface area (Å²) >= 11 is 0. The molecule has 1 aromatic rings. The number of nitrogens with one attached hydrogen (secondary N) is 1. The molecule has 6 heteroatoms. The second-order valence-corrected chi connectivity index (χ2v) is 6.58. The number of hydrogen-bond donors (Lipinski definition) is 2. The number of carbonyl (C=O) groups is 2. The first-order valence-electron chi connectivity index (χ1n) is 8.47. The Bertz CT molecular complexity index is 625. The van der Waals surface area contributed by atoms with E-state index in [0.29, 0.717) is 24.3 Å². The maximum atomic E-state index is 12.6. The van der Waals surface area contributed by atoms with E-state index in [1.807, 2.05) is 0 Å². The Balaban J connectivity index is 1.62. The molecule has 1 aliphatic heterocycles. The average Bonchev–Trinajstić information content (AvgIpc) is 3.22. The molecule has 0 bridgehead atoms. The number of ether oxygens (including phenoxy) is 1. The Kier molecular flexibility index (Phi) is 4.76. The summed E-state index contributed by atoms with van der Waals surface area (Å²) < 4.78 is 5.10. The van der Waals surface area contributed by atoms with Gasteiger partial charge in [-0.15, -0.1) is 0 Å². The lowest BCUT2D eigenvalue weighted by atomic mass is 9.91. The molecule has 1 saturated carbocycles. The third-order valence-electron chi connectivity index (χ3n) is 5.29. The Morgan fingerprint density at radius 2 is 2.12 bits per heavy atom. The lowest BCUT2D eigenvalue weighted by molar-refractivity contribution is -0.136. The summed E-state index contributed by atoms with van der Waals surface area (Å²) in [5.41, 5.74) is 0.0526. The minimum Gasteiger partial charge on any atom is -0.497 e. The molecule has 0 radical (unpaired) electrons. The topological polar surface area (TPSA) is 78.9 Å². The summed E-state index contributed by atoms with van der Waals surface area (Å²) in [5, 5.41) is 13.0. The molecule has 1 unspecified atom stereocenters. The molecule has 130 valence electrons. The zero-order valence-corrected chi connectivity index (χ0v) is 14.0. The van der Waals surface area contributed by atoms with Crippen molar-refractivity contribution in [3.05, 3.63) is 29.8 Å². The van der Waals surface area contributed by atoms with Crippen LogP contribution in [0.1, 0.15) is 42.5 Å². The third kappa shape index (κ3) is 2.98. The maximum absolute atomic E-state index is 12.6. The van der Waals surface area contributed by atoms with Crippen LogP contribution in [0.15, 0.2) is 24.3 Å². The van der Waals surface area contributed by atoms with Gasteiger partial charge in [0.15, 0.2) is 0 Å². The maximum Gasteiger partial charge on any atom is 0.251 e. The van der Waals surface area contributed by atoms with E-state index in [1.165, 1.54) is 0 Å². The standard InChI is InChI=1S/C18H24N2O4/c1-24-14-6-4-5-13(11-14)17(23)19-12-16(22)20-10-7-15(21)18(20)8-2-3-9-18/h4-6,11,15,21H,2-3,7-10,12H2,1H3,(H,19,23). The molecule has 1 saturated heterocycles. The van der Waals surface area contributed by atoms with Crippen molar-refractivity contribution < 1.29 is 19.4 Å². The summed E-state index contributed by atoms with van der Waals surface area (Å²) in [6, 6.07) is 6.82. The van der Waals surface area contributed by atoms with Gasteiger partial charge in [0.05, 0.1) is 25.3 Å². The van der Waals surface area contributed by atoms with Crippen LogP contribution >= 0.6 is 0 Å². The summed E-state index contributed by atoms with van der Waals surface area (Å²) in [6.45, 7) is 0.513. The highest BCUT2D eigenvalue weighted by molar-refractivity contribution is 5.96. The van der Waals surface area contributed by atoms with Crippen molar-refractivity contribution in [3.8, 4) is 5.75 Å². The van der Waals surface area contributed by atoms with E-state index < -0.39 is 11.6 Å². The van der Waals surface area contributed by atoms with Crippen LogP contribution < -0.4 is 10.1 Å². The number of aliphatic hydroxyl groups excluding tert-OH is 1. The van der Waals surface area contributed by atoms with Gasteiger partial charge in [-0.2, -0.15) is 0 Å². The predicted molar refractivity (Wildman–Crippen MR) is 88.9 cm³/mol. The SMILES string of the molecule is COc1cccc(C(=O)NCC(=O)N2CCC(O)C23CCCC3)c1. The van der Waals surface area contributed by atoms with Crippen LogP contribution in [-0.2, 0) is 4.79 Å². The van der Waals surface area contributed by atoms with E-state index in [4.69, 9.17) is 4.74 Å². The Morgan fingerprint density at radius 3 is 2.83 bits per heavy atom. The van der Waals surface area contributed by atoms with Crippen molar-refractivity contribution in [3.63, 3.8) is 0 Å². The summed E-state index contributed by atoms with van der Waals surface area (Å²) in [6.07, 6.45) is 3.95. The van der Waals surface area contributed by atoms with E-state index >= 15 is 0 Å². The van der Waals surface area contributed by atoms with Crippen molar-refractivity contribution in [2.75, 3.05) is 20.2 Å². The highest BCUT2D eigenvalue weighted by Gasteiger charge is 2.51. The monoisotopic (exact) mass is 332 g/mol. The second kappa shape index (κ2) is 6.81. The number of aliphatic hydroxyl groups is 1. The zero-order valence-electron chi connectivity index (χ0n) is 14.0. The molecule has 6 nitrogen and oxygen atoms in total. The molecule has 1 heterocycles. The number of benzene rings is 1. The van der Waals surface area contributed by atoms with Crippen molar-refractivity contribution in [1.82, 2.24) is 10.2 Å². The molecule has 1 spiro atoms. The molecule has 0 aromatic heterocycles. The molecule has 24 heavy (non-hydrogen) atoms. The average molecular weight is 332 g/mol. The van der Waals surface area contributed by atoms with Crippen LogP contribution in [-0.4, -0.2) is 53.7 Å². The minimum absolute atomic E-state index is 0.0511. The van der Waals surface area contributed by atoms with Crippen molar-refractivity contribution >= 4 is 11.8 Å². The zero-order chi connectivity index (χ0) is 17.2. The summed E-state index contributed by atoms with van der Waals surface area (Å²) in [4.78, 5) is 26.6. The largest absolute Gasteiger partial charge is 0.497 e. The first-order valence-corrected chi connectivity index (χ1v) is 8.47. The van der Waals surface area contributed by atoms with Gasteiger partial charge in [0, 0.05) is 12.1 Å². The van der Waals surface area contributed by atoms with Gasteiger partial charge in [-0.1, -0.05) is 18.9 Å². The Hall–Kier alpha value is -2.08. The van der Waals surface area contributed by atoms with Crippen LogP contribution in [0.4, 0.5) is 0 Å². The Morgan fingerprint density at radius 1 is 1.38 bits per heavy atom. The van der Waals surface area contributed by atoms with Gasteiger partial charge in [-0.3, -0.25) is 9.59 Å². The summed E-state index contributed by atoms with van der Waals surface area (Å²) in [7, 11) is 1.54. The lowest BCUT2D eigenvalue weighted by Gasteiger charge is -2.37. The van der Waals surface area contributed by atoms with Crippen LogP contribution in [0, 0.1) is 0 Å². The normalized spacial score (nSPS) is 21.9. The lowest BCUT2D eigenvalue weighted by Crippen LogP contribution is -2.53. The molecular weight excluding hydrogens is 308 g/mol. The highest BCUT2D eigenvalue weighted by atomic mass is 16.5. The number of rotatable bonds is 4. The van der Waals surface area contributed by atoms with E-state index in [2.05, 4.69) is 5.32 Å². The molecule has 2 N–H and O–H groups in total. The van der Waals surface area contributed by atoms with Gasteiger partial charge >= 0.3 is 0 Å². The number of nitrogens with zero attached hydrogens (tertiary/aromatic N) is 1. The van der Waals surface area contributed by atoms with Crippen LogP contribution in [0.5, 0.6) is 5.75 Å². The molecule has 1 aromatic carbocycles. The van der Waals surface area contributed by atoms with Crippen LogP contribution in [0.3, 0.4) is 0 Å². The molecule has 2 aliphatic rings. The highest BCUT2D eigenvalue weighted by Crippen LogP contribution is 2.43. The second-order valence-electron chi connectivity index (χ2n) is 6.58. The van der Waals surface area contributed by atoms with Gasteiger partial charge in [0.25, 0.3) is 5.91 Å². The number of hydrogen-bond acceptors (Lipinski definition) is 4. The molecule has 2 amide bonds. The first-order chi connectivity index (χ1) is 11.6. The van der Waals surface area contributed by atoms with E-state index in [1.54, 1.807) is 36.3 Å². The fourth-order valence-corrected chi connectivity index (χ4v) is 4.00. The molecule has 1 aliphatic carbocycles. The van der Waals surface area contributed by atoms with Crippen molar-refractivity contribution in [2.24, 2.45) is 0 Å². The van der Waals surface area contributed by atoms with Gasteiger partial charge in [0.2, 0.25) is 5.91 Å². The van der Waals surface area contributed by atoms with Gasteiger partial charge in [0.1, 0.15) is 5.75 Å². The molecular formula is C18H24N2O4. The quantitative estimate of drug-likeness (QED) is 0.872. The van der Waals surface area contributed by atoms with Crippen molar-refractivity contribution in [1.29, 1.82) is 0 Å². The molecule has 1 atom stereocenters. The fourth-order valence-electron chi connectivity index (χ4n) is 4.00. The molecule has 3 rings (SSSR count). The third-order valence-corrected chi connectivity index (χ3v) is 5.29. The van der Waals surface area contributed by atoms with Gasteiger partial charge in [-0.05, 0) is 37.5 Å². The van der Waals surface area contributed by atoms with E-state index in [0.717, 1.165) is 25.7 Å². The smallest absolute Gasteiger partial charge is 0.251 e. The number of amides is 2. The minimum atomic E-state index is -0.446. The number of carbonyl (C=O) groups excluding carboxylic acids is 2. The molecule has 2 fully saturated rings. The first kappa shape index (κ1) is 16.8. The van der Waals surface area contributed by atoms with E-state index in [9.17, 15) is 14.7 Å². The van der Waals surface area contributed by atoms with Gasteiger partial charge in [-0.25, -0.2) is 0 Å². The number of likely N-dealkylation sites (tertiary alicyclic amines) is 1.